The summed E-state index contributed by atoms with van der Waals surface area (Å²) in [6.07, 6.45) is 4.74. The van der Waals surface area contributed by atoms with Gasteiger partial charge in [-0.3, -0.25) is 4.79 Å². The molecular formula is C20H36O4S. The van der Waals surface area contributed by atoms with Crippen LogP contribution in [0.4, 0.5) is 0 Å². The third-order valence-electron chi connectivity index (χ3n) is 3.39. The van der Waals surface area contributed by atoms with Crippen LogP contribution in [0.3, 0.4) is 0 Å². The number of unbranched alkanes of at least 4 members (excludes halogenated alkanes) is 2. The highest BCUT2D eigenvalue weighted by Gasteiger charge is 2.09. The molecule has 0 fully saturated rings. The zero-order chi connectivity index (χ0) is 16.4. The minimum absolute atomic E-state index is 0. The van der Waals surface area contributed by atoms with Crippen molar-refractivity contribution in [1.82, 2.24) is 0 Å². The number of carboxylic acid groups (broad SMARTS) is 1. The van der Waals surface area contributed by atoms with Gasteiger partial charge in [-0.15, -0.1) is 11.8 Å². The van der Waals surface area contributed by atoms with Gasteiger partial charge < -0.3 is 9.84 Å². The summed E-state index contributed by atoms with van der Waals surface area (Å²) in [6.45, 7) is 1.60. The Hall–Kier alpha value is -1.33. The molecule has 25 heavy (non-hydrogen) atoms. The van der Waals surface area contributed by atoms with E-state index in [0.717, 1.165) is 36.3 Å². The van der Waals surface area contributed by atoms with E-state index in [2.05, 4.69) is 0 Å². The molecule has 146 valence electrons. The monoisotopic (exact) mass is 372 g/mol. The zero-order valence-electron chi connectivity index (χ0n) is 13.2. The van der Waals surface area contributed by atoms with Gasteiger partial charge in [0.25, 0.3) is 0 Å². The second kappa shape index (κ2) is 16.2. The number of carbonyl (C=O) groups is 2. The number of hydrogen-bond acceptors (Lipinski definition) is 4. The fraction of sp³-hybridized carbons (Fsp3) is 0.600. The number of Topliss-reactive ketones (excluding diaryl/α,β-unsaturated/α-hetero) is 1. The van der Waals surface area contributed by atoms with Crippen molar-refractivity contribution >= 4 is 23.5 Å². The van der Waals surface area contributed by atoms with E-state index in [4.69, 9.17) is 9.84 Å². The van der Waals surface area contributed by atoms with Gasteiger partial charge in [-0.2, -0.15) is 0 Å². The number of ketones is 1. The second-order valence-electron chi connectivity index (χ2n) is 5.29. The van der Waals surface area contributed by atoms with Crippen molar-refractivity contribution in [2.75, 3.05) is 12.9 Å². The molecule has 0 aliphatic carbocycles. The molecule has 0 saturated heterocycles. The Balaban J connectivity index is -0.00000161. The Morgan fingerprint density at radius 2 is 1.68 bits per heavy atom. The summed E-state index contributed by atoms with van der Waals surface area (Å²) in [5.41, 5.74) is 0.320. The second-order valence-corrected chi connectivity index (χ2v) is 6.46. The van der Waals surface area contributed by atoms with Crippen molar-refractivity contribution in [2.24, 2.45) is 0 Å². The molecule has 5 heteroatoms. The third-order valence-corrected chi connectivity index (χ3v) is 4.49. The lowest BCUT2D eigenvalue weighted by atomic mass is 10.1. The lowest BCUT2D eigenvalue weighted by Crippen LogP contribution is -2.14. The maximum absolute atomic E-state index is 11.1. The van der Waals surface area contributed by atoms with Gasteiger partial charge in [0.2, 0.25) is 0 Å². The number of ether oxygens (including phenoxy) is 1. The summed E-state index contributed by atoms with van der Waals surface area (Å²) in [5, 5.41) is 8.83. The Bertz CT molecular complexity index is 471. The van der Waals surface area contributed by atoms with Crippen molar-refractivity contribution in [1.29, 1.82) is 0 Å². The van der Waals surface area contributed by atoms with Crippen LogP contribution in [0, 0.1) is 0 Å². The summed E-state index contributed by atoms with van der Waals surface area (Å²) < 4.78 is 5.29. The van der Waals surface area contributed by atoms with E-state index in [1.54, 1.807) is 37.9 Å². The van der Waals surface area contributed by atoms with Crippen molar-refractivity contribution < 1.29 is 19.4 Å². The largest absolute Gasteiger partial charge is 0.478 e. The third kappa shape index (κ3) is 12.7. The predicted molar refractivity (Wildman–Crippen MR) is 109 cm³/mol. The van der Waals surface area contributed by atoms with Gasteiger partial charge in [-0.05, 0) is 49.8 Å². The van der Waals surface area contributed by atoms with Gasteiger partial charge >= 0.3 is 5.97 Å². The van der Waals surface area contributed by atoms with E-state index in [0.29, 0.717) is 12.0 Å². The Labute approximate surface area is 158 Å². The van der Waals surface area contributed by atoms with Gasteiger partial charge in [0.1, 0.15) is 5.78 Å². The minimum atomic E-state index is -0.894. The molecule has 1 N–H and O–H groups in total. The standard InChI is InChI=1S/C17H24O4S.3CH4/c1-13(18)12-15(21-2)6-4-3-5-11-22-16-9-7-14(8-10-16)17(19)20;;;/h7-10,15H,3-6,11-12H2,1-2H3,(H,19,20);3*1H4. The first-order valence-corrected chi connectivity index (χ1v) is 8.50. The number of aromatic carboxylic acids is 1. The van der Waals surface area contributed by atoms with E-state index in [1.807, 2.05) is 12.1 Å². The van der Waals surface area contributed by atoms with Crippen molar-refractivity contribution in [3.63, 3.8) is 0 Å². The zero-order valence-corrected chi connectivity index (χ0v) is 14.0. The van der Waals surface area contributed by atoms with Crippen molar-refractivity contribution in [3.8, 4) is 0 Å². The van der Waals surface area contributed by atoms with Crippen LogP contribution in [0.15, 0.2) is 29.2 Å². The van der Waals surface area contributed by atoms with E-state index < -0.39 is 5.97 Å². The van der Waals surface area contributed by atoms with Gasteiger partial charge in [-0.25, -0.2) is 4.79 Å². The molecule has 0 aromatic heterocycles. The van der Waals surface area contributed by atoms with Gasteiger partial charge in [-0.1, -0.05) is 35.1 Å². The van der Waals surface area contributed by atoms with Crippen molar-refractivity contribution in [2.45, 2.75) is 72.3 Å². The number of hydrogen-bond donors (Lipinski definition) is 1. The molecule has 1 aromatic rings. The van der Waals surface area contributed by atoms with Crippen LogP contribution in [0.5, 0.6) is 0 Å². The van der Waals surface area contributed by atoms with E-state index in [9.17, 15) is 9.59 Å². The lowest BCUT2D eigenvalue weighted by Gasteiger charge is -2.13. The van der Waals surface area contributed by atoms with Crippen LogP contribution in [0.2, 0.25) is 0 Å². The van der Waals surface area contributed by atoms with Gasteiger partial charge in [0.05, 0.1) is 11.7 Å². The summed E-state index contributed by atoms with van der Waals surface area (Å²) in [6, 6.07) is 6.97. The molecule has 1 unspecified atom stereocenters. The highest BCUT2D eigenvalue weighted by Crippen LogP contribution is 2.21. The average Bonchev–Trinajstić information content (AvgIpc) is 2.49. The molecule has 1 aromatic carbocycles. The number of thioether (sulfide) groups is 1. The summed E-state index contributed by atoms with van der Waals surface area (Å²) in [7, 11) is 1.66. The molecule has 0 bridgehead atoms. The fourth-order valence-electron chi connectivity index (χ4n) is 2.16. The van der Waals surface area contributed by atoms with Gasteiger partial charge in [0, 0.05) is 18.4 Å². The van der Waals surface area contributed by atoms with Crippen LogP contribution in [-0.4, -0.2) is 35.8 Å². The highest BCUT2D eigenvalue weighted by atomic mass is 32.2. The topological polar surface area (TPSA) is 63.6 Å². The van der Waals surface area contributed by atoms with E-state index in [-0.39, 0.29) is 34.2 Å². The average molecular weight is 373 g/mol. The molecule has 0 spiro atoms. The van der Waals surface area contributed by atoms with Crippen LogP contribution < -0.4 is 0 Å². The van der Waals surface area contributed by atoms with Crippen LogP contribution in [0.25, 0.3) is 0 Å². The van der Waals surface area contributed by atoms with Crippen molar-refractivity contribution in [3.05, 3.63) is 29.8 Å². The molecule has 0 aliphatic rings. The molecular weight excluding hydrogens is 336 g/mol. The number of benzene rings is 1. The summed E-state index contributed by atoms with van der Waals surface area (Å²) in [4.78, 5) is 22.9. The number of carboxylic acids is 1. The first-order valence-electron chi connectivity index (χ1n) is 7.51. The quantitative estimate of drug-likeness (QED) is 0.385. The smallest absolute Gasteiger partial charge is 0.335 e. The Morgan fingerprint density at radius 3 is 2.16 bits per heavy atom. The number of methoxy groups -OCH3 is 1. The maximum Gasteiger partial charge on any atom is 0.335 e. The SMILES string of the molecule is C.C.C.COC(CCCCCSc1ccc(C(=O)O)cc1)CC(C)=O. The lowest BCUT2D eigenvalue weighted by molar-refractivity contribution is -0.119. The first kappa shape index (κ1) is 28.5. The minimum Gasteiger partial charge on any atom is -0.478 e. The molecule has 0 amide bonds. The molecule has 1 rings (SSSR count). The molecule has 0 radical (unpaired) electrons. The first-order chi connectivity index (χ1) is 10.5. The van der Waals surface area contributed by atoms with E-state index in [1.165, 1.54) is 0 Å². The summed E-state index contributed by atoms with van der Waals surface area (Å²) >= 11 is 1.74. The summed E-state index contributed by atoms with van der Waals surface area (Å²) in [5.74, 6) is 0.290. The normalized spacial score (nSPS) is 10.6. The van der Waals surface area contributed by atoms with Gasteiger partial charge in [0.15, 0.2) is 0 Å². The van der Waals surface area contributed by atoms with Crippen LogP contribution in [-0.2, 0) is 9.53 Å². The van der Waals surface area contributed by atoms with Crippen LogP contribution in [0.1, 0.15) is 71.7 Å². The number of carbonyl (C=O) groups excluding carboxylic acids is 1. The fourth-order valence-corrected chi connectivity index (χ4v) is 3.07. The molecule has 1 atom stereocenters. The molecule has 0 heterocycles. The highest BCUT2D eigenvalue weighted by molar-refractivity contribution is 7.99. The molecule has 0 aliphatic heterocycles. The van der Waals surface area contributed by atoms with Crippen LogP contribution >= 0.6 is 11.8 Å². The number of rotatable bonds is 11. The van der Waals surface area contributed by atoms with E-state index >= 15 is 0 Å². The Morgan fingerprint density at radius 1 is 1.08 bits per heavy atom. The Kier molecular flexibility index (Phi) is 18.4. The maximum atomic E-state index is 11.1. The molecule has 0 saturated carbocycles. The molecule has 4 nitrogen and oxygen atoms in total. The predicted octanol–water partition coefficient (Wildman–Crippen LogP) is 5.94.